The van der Waals surface area contributed by atoms with Gasteiger partial charge in [0, 0.05) is 17.6 Å². The maximum atomic E-state index is 11.4. The quantitative estimate of drug-likeness (QED) is 0.568. The first-order valence-electron chi connectivity index (χ1n) is 6.92. The number of anilines is 1. The third kappa shape index (κ3) is 5.00. The molecule has 0 heterocycles. The largest absolute Gasteiger partial charge is 0.480 e. The fraction of sp³-hybridized carbons (Fsp3) is 0.188. The molecule has 2 N–H and O–H groups in total. The molecule has 0 aliphatic heterocycles. The zero-order chi connectivity index (χ0) is 16.7. The van der Waals surface area contributed by atoms with Gasteiger partial charge in [-0.05, 0) is 11.6 Å². The first kappa shape index (κ1) is 16.8. The zero-order valence-electron chi connectivity index (χ0n) is 12.2. The Morgan fingerprint density at radius 1 is 1.17 bits per heavy atom. The molecule has 1 unspecified atom stereocenters. The number of carboxylic acid groups (broad SMARTS) is 1. The van der Waals surface area contributed by atoms with Crippen LogP contribution in [0, 0.1) is 10.1 Å². The molecule has 0 aliphatic carbocycles. The Hall–Kier alpha value is -2.54. The Balaban J connectivity index is 1.99. The van der Waals surface area contributed by atoms with E-state index in [1.807, 2.05) is 30.3 Å². The Morgan fingerprint density at radius 2 is 1.83 bits per heavy atom. The monoisotopic (exact) mass is 332 g/mol. The molecule has 0 bridgehead atoms. The molecular weight excluding hydrogens is 316 g/mol. The molecule has 0 saturated carbocycles. The smallest absolute Gasteiger partial charge is 0.326 e. The summed E-state index contributed by atoms with van der Waals surface area (Å²) in [5.41, 5.74) is 1.18. The van der Waals surface area contributed by atoms with E-state index in [1.54, 1.807) is 12.1 Å². The number of para-hydroxylation sites is 2. The first-order valence-corrected chi connectivity index (χ1v) is 8.08. The second kappa shape index (κ2) is 8.19. The molecule has 2 rings (SSSR count). The van der Waals surface area contributed by atoms with Crippen LogP contribution in [0.1, 0.15) is 5.56 Å². The van der Waals surface area contributed by atoms with Crippen molar-refractivity contribution < 1.29 is 14.8 Å². The van der Waals surface area contributed by atoms with Crippen LogP contribution in [0.5, 0.6) is 0 Å². The first-order chi connectivity index (χ1) is 11.1. The van der Waals surface area contributed by atoms with Crippen LogP contribution in [0.15, 0.2) is 54.6 Å². The second-order valence-electron chi connectivity index (χ2n) is 4.81. The molecule has 6 nitrogen and oxygen atoms in total. The minimum absolute atomic E-state index is 0.133. The lowest BCUT2D eigenvalue weighted by Crippen LogP contribution is -2.32. The molecule has 7 heteroatoms. The van der Waals surface area contributed by atoms with Crippen LogP contribution in [0.25, 0.3) is 0 Å². The van der Waals surface area contributed by atoms with Gasteiger partial charge in [0.25, 0.3) is 5.69 Å². The van der Waals surface area contributed by atoms with Crippen molar-refractivity contribution in [2.75, 3.05) is 11.1 Å². The van der Waals surface area contributed by atoms with Crippen LogP contribution in [-0.2, 0) is 10.5 Å². The summed E-state index contributed by atoms with van der Waals surface area (Å²) in [7, 11) is 0. The average Bonchev–Trinajstić information content (AvgIpc) is 2.55. The average molecular weight is 332 g/mol. The maximum Gasteiger partial charge on any atom is 0.326 e. The summed E-state index contributed by atoms with van der Waals surface area (Å²) in [6, 6.07) is 14.8. The summed E-state index contributed by atoms with van der Waals surface area (Å²) in [5.74, 6) is -0.0527. The lowest BCUT2D eigenvalue weighted by atomic mass is 10.2. The molecule has 0 amide bonds. The molecule has 120 valence electrons. The van der Waals surface area contributed by atoms with Crippen LogP contribution < -0.4 is 5.32 Å². The molecule has 0 radical (unpaired) electrons. The number of hydrogen-bond acceptors (Lipinski definition) is 5. The minimum Gasteiger partial charge on any atom is -0.480 e. The van der Waals surface area contributed by atoms with E-state index in [1.165, 1.54) is 23.9 Å². The lowest BCUT2D eigenvalue weighted by molar-refractivity contribution is -0.384. The second-order valence-corrected chi connectivity index (χ2v) is 5.84. The van der Waals surface area contributed by atoms with Crippen molar-refractivity contribution in [1.82, 2.24) is 0 Å². The van der Waals surface area contributed by atoms with Gasteiger partial charge in [-0.1, -0.05) is 42.5 Å². The molecule has 0 fully saturated rings. The van der Waals surface area contributed by atoms with Gasteiger partial charge in [-0.15, -0.1) is 0 Å². The number of nitrogens with zero attached hydrogens (tertiary/aromatic N) is 1. The third-order valence-corrected chi connectivity index (χ3v) is 4.23. The van der Waals surface area contributed by atoms with Crippen LogP contribution in [-0.4, -0.2) is 27.8 Å². The van der Waals surface area contributed by atoms with Gasteiger partial charge in [0.2, 0.25) is 0 Å². The van der Waals surface area contributed by atoms with Gasteiger partial charge in [0.15, 0.2) is 0 Å². The van der Waals surface area contributed by atoms with Gasteiger partial charge in [-0.2, -0.15) is 11.8 Å². The zero-order valence-corrected chi connectivity index (χ0v) is 13.0. The van der Waals surface area contributed by atoms with E-state index in [4.69, 9.17) is 0 Å². The van der Waals surface area contributed by atoms with E-state index in [9.17, 15) is 20.0 Å². The summed E-state index contributed by atoms with van der Waals surface area (Å²) in [6.07, 6.45) is 0. The number of thioether (sulfide) groups is 1. The third-order valence-electron chi connectivity index (χ3n) is 3.12. The van der Waals surface area contributed by atoms with Gasteiger partial charge in [0.05, 0.1) is 4.92 Å². The number of nitro groups is 1. The number of hydrogen-bond donors (Lipinski definition) is 2. The van der Waals surface area contributed by atoms with Gasteiger partial charge < -0.3 is 10.4 Å². The molecule has 23 heavy (non-hydrogen) atoms. The lowest BCUT2D eigenvalue weighted by Gasteiger charge is -2.15. The number of nitro benzene ring substituents is 1. The fourth-order valence-corrected chi connectivity index (χ4v) is 2.99. The van der Waals surface area contributed by atoms with Crippen molar-refractivity contribution in [2.45, 2.75) is 11.8 Å². The van der Waals surface area contributed by atoms with Gasteiger partial charge in [0.1, 0.15) is 11.7 Å². The van der Waals surface area contributed by atoms with E-state index in [0.29, 0.717) is 11.5 Å². The Morgan fingerprint density at radius 3 is 2.48 bits per heavy atom. The highest BCUT2D eigenvalue weighted by Gasteiger charge is 2.21. The molecule has 0 aromatic heterocycles. The molecule has 0 saturated heterocycles. The molecule has 2 aromatic rings. The minimum atomic E-state index is -1.04. The molecular formula is C16H16N2O4S. The Kier molecular flexibility index (Phi) is 5.99. The molecule has 2 aromatic carbocycles. The van der Waals surface area contributed by atoms with E-state index in [0.717, 1.165) is 5.56 Å². The van der Waals surface area contributed by atoms with Crippen LogP contribution in [0.2, 0.25) is 0 Å². The maximum absolute atomic E-state index is 11.4. The summed E-state index contributed by atoms with van der Waals surface area (Å²) in [4.78, 5) is 21.8. The molecule has 1 atom stereocenters. The van der Waals surface area contributed by atoms with Crippen molar-refractivity contribution in [2.24, 2.45) is 0 Å². The van der Waals surface area contributed by atoms with Crippen molar-refractivity contribution in [1.29, 1.82) is 0 Å². The van der Waals surface area contributed by atoms with Crippen LogP contribution >= 0.6 is 11.8 Å². The SMILES string of the molecule is O=C(O)C(CSCc1ccccc1)Nc1ccccc1[N+](=O)[O-]. The summed E-state index contributed by atoms with van der Waals surface area (Å²) in [5, 5.41) is 23.1. The van der Waals surface area contributed by atoms with Gasteiger partial charge >= 0.3 is 5.97 Å². The summed E-state index contributed by atoms with van der Waals surface area (Å²) >= 11 is 1.46. The highest BCUT2D eigenvalue weighted by molar-refractivity contribution is 7.98. The van der Waals surface area contributed by atoms with E-state index < -0.39 is 16.9 Å². The Bertz CT molecular complexity index is 679. The van der Waals surface area contributed by atoms with Crippen LogP contribution in [0.3, 0.4) is 0 Å². The summed E-state index contributed by atoms with van der Waals surface area (Å²) in [6.45, 7) is 0. The van der Waals surface area contributed by atoms with Gasteiger partial charge in [-0.3, -0.25) is 10.1 Å². The van der Waals surface area contributed by atoms with Crippen molar-refractivity contribution in [3.8, 4) is 0 Å². The normalized spacial score (nSPS) is 11.7. The topological polar surface area (TPSA) is 92.5 Å². The number of rotatable bonds is 8. The van der Waals surface area contributed by atoms with Gasteiger partial charge in [-0.25, -0.2) is 4.79 Å². The number of aliphatic carboxylic acids is 1. The van der Waals surface area contributed by atoms with Crippen molar-refractivity contribution in [3.05, 3.63) is 70.3 Å². The van der Waals surface area contributed by atoms with E-state index >= 15 is 0 Å². The van der Waals surface area contributed by atoms with Crippen LogP contribution in [0.4, 0.5) is 11.4 Å². The molecule has 0 aliphatic rings. The molecule has 0 spiro atoms. The fourth-order valence-electron chi connectivity index (χ4n) is 1.99. The van der Waals surface area contributed by atoms with E-state index in [2.05, 4.69) is 5.32 Å². The highest BCUT2D eigenvalue weighted by Crippen LogP contribution is 2.25. The number of nitrogens with one attached hydrogen (secondary N) is 1. The summed E-state index contributed by atoms with van der Waals surface area (Å²) < 4.78 is 0. The predicted octanol–water partition coefficient (Wildman–Crippen LogP) is 3.39. The predicted molar refractivity (Wildman–Crippen MR) is 90.7 cm³/mol. The van der Waals surface area contributed by atoms with Crippen molar-refractivity contribution in [3.63, 3.8) is 0 Å². The van der Waals surface area contributed by atoms with Crippen molar-refractivity contribution >= 4 is 29.1 Å². The number of carbonyl (C=O) groups is 1. The Labute approximate surface area is 137 Å². The highest BCUT2D eigenvalue weighted by atomic mass is 32.2. The standard InChI is InChI=1S/C16H16N2O4S/c19-16(20)14(11-23-10-12-6-2-1-3-7-12)17-13-8-4-5-9-15(13)18(21)22/h1-9,14,17H,10-11H2,(H,19,20). The van der Waals surface area contributed by atoms with E-state index in [-0.39, 0.29) is 11.4 Å². The number of benzene rings is 2. The number of carboxylic acids is 1.